The second-order valence-electron chi connectivity index (χ2n) is 23.2. The SMILES string of the molecule is CCCCCC/C=C\C/C=C\CCCCCCCCCC(=O)OCCCCCCCCCCCCCCCCCCCCCCCC(=O)NC(CO)C(O)CCCCCCCCCCCCCCCCCCCC. The normalized spacial score (nSPS) is 12.6. The highest BCUT2D eigenvalue weighted by Crippen LogP contribution is 2.19. The fourth-order valence-electron chi connectivity index (χ4n) is 10.6. The van der Waals surface area contributed by atoms with Gasteiger partial charge in [-0.25, -0.2) is 0 Å². The van der Waals surface area contributed by atoms with E-state index in [-0.39, 0.29) is 18.5 Å². The Morgan fingerprint density at radius 1 is 0.378 bits per heavy atom. The van der Waals surface area contributed by atoms with Gasteiger partial charge >= 0.3 is 5.97 Å². The van der Waals surface area contributed by atoms with Crippen molar-refractivity contribution in [1.82, 2.24) is 5.32 Å². The Bertz CT molecular complexity index is 1150. The van der Waals surface area contributed by atoms with Gasteiger partial charge in [-0.3, -0.25) is 9.59 Å². The summed E-state index contributed by atoms with van der Waals surface area (Å²) in [5, 5.41) is 23.4. The minimum Gasteiger partial charge on any atom is -0.466 e. The van der Waals surface area contributed by atoms with Gasteiger partial charge in [-0.05, 0) is 57.8 Å². The lowest BCUT2D eigenvalue weighted by Crippen LogP contribution is -2.45. The molecule has 0 saturated heterocycles. The van der Waals surface area contributed by atoms with Crippen LogP contribution in [0.3, 0.4) is 0 Å². The number of hydrogen-bond acceptors (Lipinski definition) is 5. The number of allylic oxidation sites excluding steroid dienone is 4. The number of rotatable bonds is 63. The topological polar surface area (TPSA) is 95.9 Å². The standard InChI is InChI=1S/C68H131NO5/c1-3-5-7-9-11-13-15-17-19-21-28-32-36-40-44-48-52-56-60-66(71)65(64-70)69-67(72)61-57-53-49-45-41-37-33-29-26-24-23-25-27-31-35-39-43-47-51-55-59-63-74-68(73)62-58-54-50-46-42-38-34-30-22-20-18-16-14-12-10-8-6-4-2/h14,16,20,22,65-66,70-71H,3-13,15,17-19,21,23-64H2,1-2H3,(H,69,72)/b16-14-,22-20-. The largest absolute Gasteiger partial charge is 0.466 e. The van der Waals surface area contributed by atoms with Crippen molar-refractivity contribution in [2.24, 2.45) is 0 Å². The minimum absolute atomic E-state index is 0.00552. The van der Waals surface area contributed by atoms with Crippen molar-refractivity contribution >= 4 is 11.9 Å². The first kappa shape index (κ1) is 72.3. The Morgan fingerprint density at radius 2 is 0.676 bits per heavy atom. The van der Waals surface area contributed by atoms with E-state index < -0.39 is 12.1 Å². The maximum atomic E-state index is 12.5. The van der Waals surface area contributed by atoms with Crippen LogP contribution >= 0.6 is 0 Å². The molecule has 2 atom stereocenters. The van der Waals surface area contributed by atoms with Gasteiger partial charge in [0, 0.05) is 12.8 Å². The number of hydrogen-bond donors (Lipinski definition) is 3. The second-order valence-corrected chi connectivity index (χ2v) is 23.2. The van der Waals surface area contributed by atoms with Crippen LogP contribution < -0.4 is 5.32 Å². The lowest BCUT2D eigenvalue weighted by Gasteiger charge is -2.22. The van der Waals surface area contributed by atoms with Crippen molar-refractivity contribution < 1.29 is 24.5 Å². The van der Waals surface area contributed by atoms with E-state index in [4.69, 9.17) is 4.74 Å². The summed E-state index contributed by atoms with van der Waals surface area (Å²) in [5.74, 6) is -0.0271. The summed E-state index contributed by atoms with van der Waals surface area (Å²) in [7, 11) is 0. The van der Waals surface area contributed by atoms with Gasteiger partial charge in [-0.15, -0.1) is 0 Å². The zero-order valence-corrected chi connectivity index (χ0v) is 50.1. The van der Waals surface area contributed by atoms with Crippen LogP contribution in [-0.2, 0) is 14.3 Å². The molecule has 0 aliphatic heterocycles. The van der Waals surface area contributed by atoms with E-state index in [9.17, 15) is 19.8 Å². The van der Waals surface area contributed by atoms with E-state index in [2.05, 4.69) is 43.5 Å². The number of nitrogens with one attached hydrogen (secondary N) is 1. The fraction of sp³-hybridized carbons (Fsp3) is 0.912. The van der Waals surface area contributed by atoms with E-state index in [1.165, 1.54) is 289 Å². The molecule has 6 heteroatoms. The van der Waals surface area contributed by atoms with Gasteiger partial charge < -0.3 is 20.3 Å². The van der Waals surface area contributed by atoms with E-state index >= 15 is 0 Å². The van der Waals surface area contributed by atoms with Gasteiger partial charge in [0.1, 0.15) is 0 Å². The molecule has 1 amide bonds. The molecule has 0 aliphatic rings. The third-order valence-electron chi connectivity index (χ3n) is 15.8. The summed E-state index contributed by atoms with van der Waals surface area (Å²) in [6.45, 7) is 4.96. The van der Waals surface area contributed by atoms with Crippen molar-refractivity contribution in [3.8, 4) is 0 Å². The Hall–Kier alpha value is -1.66. The number of aliphatic hydroxyl groups excluding tert-OH is 2. The fourth-order valence-corrected chi connectivity index (χ4v) is 10.6. The third-order valence-corrected chi connectivity index (χ3v) is 15.8. The zero-order valence-electron chi connectivity index (χ0n) is 50.1. The summed E-state index contributed by atoms with van der Waals surface area (Å²) >= 11 is 0. The van der Waals surface area contributed by atoms with Crippen LogP contribution in [0.2, 0.25) is 0 Å². The predicted molar refractivity (Wildman–Crippen MR) is 324 cm³/mol. The summed E-state index contributed by atoms with van der Waals surface area (Å²) in [6, 6.07) is -0.543. The maximum Gasteiger partial charge on any atom is 0.305 e. The molecule has 0 aromatic heterocycles. The third kappa shape index (κ3) is 59.6. The highest BCUT2D eigenvalue weighted by Gasteiger charge is 2.20. The van der Waals surface area contributed by atoms with Gasteiger partial charge in [0.2, 0.25) is 5.91 Å². The zero-order chi connectivity index (χ0) is 53.6. The number of unbranched alkanes of at least 4 members (excludes halogenated alkanes) is 48. The molecule has 0 aliphatic carbocycles. The summed E-state index contributed by atoms with van der Waals surface area (Å²) in [4.78, 5) is 24.6. The molecule has 0 aromatic rings. The highest BCUT2D eigenvalue weighted by molar-refractivity contribution is 5.76. The molecule has 0 fully saturated rings. The lowest BCUT2D eigenvalue weighted by atomic mass is 10.0. The van der Waals surface area contributed by atoms with Gasteiger partial charge in [-0.1, -0.05) is 327 Å². The van der Waals surface area contributed by atoms with E-state index in [1.54, 1.807) is 0 Å². The molecular weight excluding hydrogens is 911 g/mol. The van der Waals surface area contributed by atoms with Crippen LogP contribution in [0.15, 0.2) is 24.3 Å². The highest BCUT2D eigenvalue weighted by atomic mass is 16.5. The van der Waals surface area contributed by atoms with Crippen LogP contribution in [0.25, 0.3) is 0 Å². The van der Waals surface area contributed by atoms with Gasteiger partial charge in [-0.2, -0.15) is 0 Å². The molecule has 3 N–H and O–H groups in total. The first-order valence-electron chi connectivity index (χ1n) is 33.6. The van der Waals surface area contributed by atoms with Crippen molar-refractivity contribution in [1.29, 1.82) is 0 Å². The average Bonchev–Trinajstić information content (AvgIpc) is 3.40. The molecule has 438 valence electrons. The molecular formula is C68H131NO5. The van der Waals surface area contributed by atoms with Crippen LogP contribution in [-0.4, -0.2) is 47.4 Å². The van der Waals surface area contributed by atoms with Crippen molar-refractivity contribution in [3.63, 3.8) is 0 Å². The molecule has 6 nitrogen and oxygen atoms in total. The Morgan fingerprint density at radius 3 is 1.04 bits per heavy atom. The first-order valence-corrected chi connectivity index (χ1v) is 33.6. The minimum atomic E-state index is -0.665. The van der Waals surface area contributed by atoms with E-state index in [0.29, 0.717) is 25.9 Å². The second kappa shape index (κ2) is 63.9. The molecule has 0 spiro atoms. The van der Waals surface area contributed by atoms with Crippen molar-refractivity contribution in [2.45, 2.75) is 386 Å². The van der Waals surface area contributed by atoms with E-state index in [1.807, 2.05) is 0 Å². The number of ether oxygens (including phenoxy) is 1. The molecule has 0 rings (SSSR count). The van der Waals surface area contributed by atoms with Gasteiger partial charge in [0.05, 0.1) is 25.4 Å². The molecule has 0 aromatic carbocycles. The summed E-state index contributed by atoms with van der Waals surface area (Å²) < 4.78 is 5.50. The molecule has 0 radical (unpaired) electrons. The predicted octanol–water partition coefficient (Wildman–Crippen LogP) is 21.4. The maximum absolute atomic E-state index is 12.5. The van der Waals surface area contributed by atoms with E-state index in [0.717, 1.165) is 51.4 Å². The van der Waals surface area contributed by atoms with Crippen molar-refractivity contribution in [3.05, 3.63) is 24.3 Å². The smallest absolute Gasteiger partial charge is 0.305 e. The first-order chi connectivity index (χ1) is 36.5. The Labute approximate surface area is 462 Å². The number of amides is 1. The van der Waals surface area contributed by atoms with Gasteiger partial charge in [0.15, 0.2) is 0 Å². The number of aliphatic hydroxyl groups is 2. The summed E-state index contributed by atoms with van der Waals surface area (Å²) in [6.07, 6.45) is 79.1. The molecule has 0 saturated carbocycles. The molecule has 2 unspecified atom stereocenters. The van der Waals surface area contributed by atoms with Crippen LogP contribution in [0, 0.1) is 0 Å². The number of esters is 1. The lowest BCUT2D eigenvalue weighted by molar-refractivity contribution is -0.143. The average molecular weight is 1040 g/mol. The Kier molecular flexibility index (Phi) is 62.4. The van der Waals surface area contributed by atoms with Crippen LogP contribution in [0.1, 0.15) is 373 Å². The van der Waals surface area contributed by atoms with Gasteiger partial charge in [0.25, 0.3) is 0 Å². The number of carbonyl (C=O) groups excluding carboxylic acids is 2. The molecule has 0 bridgehead atoms. The van der Waals surface area contributed by atoms with Crippen LogP contribution in [0.4, 0.5) is 0 Å². The van der Waals surface area contributed by atoms with Crippen LogP contribution in [0.5, 0.6) is 0 Å². The number of carbonyl (C=O) groups is 2. The monoisotopic (exact) mass is 1040 g/mol. The van der Waals surface area contributed by atoms with Crippen molar-refractivity contribution in [2.75, 3.05) is 13.2 Å². The quantitative estimate of drug-likeness (QED) is 0.0320. The molecule has 0 heterocycles. The summed E-state index contributed by atoms with van der Waals surface area (Å²) in [5.41, 5.74) is 0. The Balaban J connectivity index is 3.38. The molecule has 74 heavy (non-hydrogen) atoms.